The van der Waals surface area contributed by atoms with Crippen LogP contribution < -0.4 is 14.8 Å². The van der Waals surface area contributed by atoms with Gasteiger partial charge in [0.1, 0.15) is 24.8 Å². The lowest BCUT2D eigenvalue weighted by Gasteiger charge is -2.14. The van der Waals surface area contributed by atoms with Crippen molar-refractivity contribution in [3.05, 3.63) is 91.9 Å². The molecule has 1 aliphatic heterocycles. The summed E-state index contributed by atoms with van der Waals surface area (Å²) in [5.74, 6) is -1.08. The second-order valence-corrected chi connectivity index (χ2v) is 9.93. The number of thioether (sulfide) groups is 1. The molecule has 1 heterocycles. The van der Waals surface area contributed by atoms with E-state index in [1.165, 1.54) is 49.6 Å². The lowest BCUT2D eigenvalue weighted by molar-refractivity contribution is -0.127. The minimum Gasteiger partial charge on any atom is -0.493 e. The maximum atomic E-state index is 13.1. The van der Waals surface area contributed by atoms with Gasteiger partial charge in [-0.1, -0.05) is 12.1 Å². The van der Waals surface area contributed by atoms with Crippen LogP contribution in [0, 0.1) is 15.2 Å². The highest BCUT2D eigenvalue weighted by molar-refractivity contribution is 14.1. The number of anilines is 1. The summed E-state index contributed by atoms with van der Waals surface area (Å²) in [6, 6.07) is 14.5. The molecule has 190 valence electrons. The van der Waals surface area contributed by atoms with Gasteiger partial charge in [0, 0.05) is 5.69 Å². The Morgan fingerprint density at radius 3 is 2.35 bits per heavy atom. The Hall–Kier alpha value is -3.45. The number of rotatable bonds is 8. The van der Waals surface area contributed by atoms with Crippen LogP contribution in [0.2, 0.25) is 0 Å². The summed E-state index contributed by atoms with van der Waals surface area (Å²) in [4.78, 5) is 38.6. The Balaban J connectivity index is 1.46. The van der Waals surface area contributed by atoms with Gasteiger partial charge in [-0.25, -0.2) is 8.78 Å². The van der Waals surface area contributed by atoms with Crippen molar-refractivity contribution in [2.24, 2.45) is 0 Å². The highest BCUT2D eigenvalue weighted by Gasteiger charge is 2.36. The zero-order chi connectivity index (χ0) is 26.5. The SMILES string of the molecule is COc1cc(/C=C2\SC(=O)N(CC(=O)Nc3ccc(F)cc3)C2=O)cc(I)c1OCc1ccc(F)cc1. The molecule has 0 saturated carbocycles. The Kier molecular flexibility index (Phi) is 8.44. The number of nitrogens with zero attached hydrogens (tertiary/aromatic N) is 1. The molecule has 1 N–H and O–H groups in total. The van der Waals surface area contributed by atoms with Crippen molar-refractivity contribution in [3.8, 4) is 11.5 Å². The Morgan fingerprint density at radius 1 is 1.05 bits per heavy atom. The molecule has 3 amide bonds. The number of carbonyl (C=O) groups is 3. The topological polar surface area (TPSA) is 84.9 Å². The molecule has 0 spiro atoms. The molecule has 0 aromatic heterocycles. The highest BCUT2D eigenvalue weighted by Crippen LogP contribution is 2.37. The van der Waals surface area contributed by atoms with Gasteiger partial charge in [0.15, 0.2) is 11.5 Å². The molecule has 3 aromatic rings. The molecule has 7 nitrogen and oxygen atoms in total. The first-order valence-corrected chi connectivity index (χ1v) is 12.7. The Morgan fingerprint density at radius 2 is 1.70 bits per heavy atom. The van der Waals surface area contributed by atoms with E-state index < -0.39 is 29.4 Å². The first-order chi connectivity index (χ1) is 17.7. The molecule has 0 bridgehead atoms. The largest absolute Gasteiger partial charge is 0.493 e. The summed E-state index contributed by atoms with van der Waals surface area (Å²) in [5.41, 5.74) is 1.72. The van der Waals surface area contributed by atoms with Crippen molar-refractivity contribution in [1.29, 1.82) is 0 Å². The molecule has 0 aliphatic carbocycles. The number of halogens is 3. The summed E-state index contributed by atoms with van der Waals surface area (Å²) >= 11 is 2.79. The van der Waals surface area contributed by atoms with Gasteiger partial charge in [-0.05, 0) is 100 Å². The van der Waals surface area contributed by atoms with Crippen molar-refractivity contribution < 1.29 is 32.6 Å². The molecule has 11 heteroatoms. The van der Waals surface area contributed by atoms with Crippen LogP contribution in [0.5, 0.6) is 11.5 Å². The van der Waals surface area contributed by atoms with E-state index in [0.717, 1.165) is 22.2 Å². The number of amides is 3. The number of nitrogens with one attached hydrogen (secondary N) is 1. The summed E-state index contributed by atoms with van der Waals surface area (Å²) in [7, 11) is 1.48. The number of ether oxygens (including phenoxy) is 2. The maximum absolute atomic E-state index is 13.1. The Bertz CT molecular complexity index is 1380. The minimum absolute atomic E-state index is 0.150. The summed E-state index contributed by atoms with van der Waals surface area (Å²) in [6.45, 7) is -0.277. The molecule has 3 aromatic carbocycles. The van der Waals surface area contributed by atoms with E-state index in [1.54, 1.807) is 24.3 Å². The van der Waals surface area contributed by atoms with E-state index >= 15 is 0 Å². The number of hydrogen-bond donors (Lipinski definition) is 1. The van der Waals surface area contributed by atoms with E-state index in [-0.39, 0.29) is 17.3 Å². The van der Waals surface area contributed by atoms with Gasteiger partial charge in [0.2, 0.25) is 5.91 Å². The van der Waals surface area contributed by atoms with E-state index in [9.17, 15) is 23.2 Å². The molecule has 0 radical (unpaired) electrons. The van der Waals surface area contributed by atoms with Gasteiger partial charge in [-0.2, -0.15) is 0 Å². The summed E-state index contributed by atoms with van der Waals surface area (Å²) < 4.78 is 38.2. The number of benzene rings is 3. The Labute approximate surface area is 229 Å². The third kappa shape index (κ3) is 6.66. The second kappa shape index (κ2) is 11.7. The molecule has 1 saturated heterocycles. The normalized spacial score (nSPS) is 14.3. The van der Waals surface area contributed by atoms with Crippen molar-refractivity contribution in [2.45, 2.75) is 6.61 Å². The molecule has 37 heavy (non-hydrogen) atoms. The van der Waals surface area contributed by atoms with Crippen molar-refractivity contribution in [3.63, 3.8) is 0 Å². The van der Waals surface area contributed by atoms with Gasteiger partial charge in [0.05, 0.1) is 15.6 Å². The zero-order valence-electron chi connectivity index (χ0n) is 19.3. The van der Waals surface area contributed by atoms with Crippen LogP contribution in [-0.4, -0.2) is 35.6 Å². The van der Waals surface area contributed by atoms with E-state index in [2.05, 4.69) is 27.9 Å². The quantitative estimate of drug-likeness (QED) is 0.248. The molecule has 0 unspecified atom stereocenters. The fourth-order valence-electron chi connectivity index (χ4n) is 3.36. The lowest BCUT2D eigenvalue weighted by atomic mass is 10.1. The third-order valence-electron chi connectivity index (χ3n) is 5.15. The summed E-state index contributed by atoms with van der Waals surface area (Å²) in [5, 5.41) is 1.95. The standard InChI is InChI=1S/C26H19F2IN2O5S/c1-35-21-11-16(10-20(29)24(21)36-14-15-2-4-17(27)5-3-15)12-22-25(33)31(26(34)37-22)13-23(32)30-19-8-6-18(28)7-9-19/h2-12H,13-14H2,1H3,(H,30,32)/b22-12-. The molecular formula is C26H19F2IN2O5S. The minimum atomic E-state index is -0.602. The number of imide groups is 1. The molecule has 0 atom stereocenters. The van der Waals surface area contributed by atoms with E-state index in [4.69, 9.17) is 9.47 Å². The van der Waals surface area contributed by atoms with Gasteiger partial charge in [0.25, 0.3) is 11.1 Å². The molecular weight excluding hydrogens is 617 g/mol. The van der Waals surface area contributed by atoms with Gasteiger partial charge in [-0.15, -0.1) is 0 Å². The van der Waals surface area contributed by atoms with Crippen molar-refractivity contribution in [1.82, 2.24) is 4.90 Å². The van der Waals surface area contributed by atoms with Gasteiger partial charge < -0.3 is 14.8 Å². The predicted molar refractivity (Wildman–Crippen MR) is 144 cm³/mol. The van der Waals surface area contributed by atoms with Crippen LogP contribution in [-0.2, 0) is 16.2 Å². The smallest absolute Gasteiger partial charge is 0.294 e. The average molecular weight is 636 g/mol. The van der Waals surface area contributed by atoms with Gasteiger partial charge in [-0.3, -0.25) is 19.3 Å². The second-order valence-electron chi connectivity index (χ2n) is 7.77. The van der Waals surface area contributed by atoms with Crippen LogP contribution >= 0.6 is 34.4 Å². The lowest BCUT2D eigenvalue weighted by Crippen LogP contribution is -2.36. The fraction of sp³-hybridized carbons (Fsp3) is 0.115. The average Bonchev–Trinajstić information content (AvgIpc) is 3.12. The first-order valence-electron chi connectivity index (χ1n) is 10.8. The van der Waals surface area contributed by atoms with Crippen molar-refractivity contribution >= 4 is 63.2 Å². The number of methoxy groups -OCH3 is 1. The first kappa shape index (κ1) is 26.6. The third-order valence-corrected chi connectivity index (χ3v) is 6.86. The van der Waals surface area contributed by atoms with Crippen LogP contribution in [0.3, 0.4) is 0 Å². The molecule has 4 rings (SSSR count). The monoisotopic (exact) mass is 636 g/mol. The number of hydrogen-bond acceptors (Lipinski definition) is 6. The van der Waals surface area contributed by atoms with Crippen LogP contribution in [0.4, 0.5) is 19.3 Å². The number of carbonyl (C=O) groups excluding carboxylic acids is 3. The molecule has 1 fully saturated rings. The van der Waals surface area contributed by atoms with Crippen LogP contribution in [0.15, 0.2) is 65.6 Å². The fourth-order valence-corrected chi connectivity index (χ4v) is 4.98. The molecule has 1 aliphatic rings. The highest BCUT2D eigenvalue weighted by atomic mass is 127. The summed E-state index contributed by atoms with van der Waals surface area (Å²) in [6.07, 6.45) is 1.54. The van der Waals surface area contributed by atoms with Crippen LogP contribution in [0.1, 0.15) is 11.1 Å². The van der Waals surface area contributed by atoms with Gasteiger partial charge >= 0.3 is 0 Å². The van der Waals surface area contributed by atoms with Crippen LogP contribution in [0.25, 0.3) is 6.08 Å². The maximum Gasteiger partial charge on any atom is 0.294 e. The van der Waals surface area contributed by atoms with E-state index in [0.29, 0.717) is 26.3 Å². The van der Waals surface area contributed by atoms with E-state index in [1.807, 2.05) is 0 Å². The predicted octanol–water partition coefficient (Wildman–Crippen LogP) is 5.83. The van der Waals surface area contributed by atoms with Crippen molar-refractivity contribution in [2.75, 3.05) is 19.0 Å². The zero-order valence-corrected chi connectivity index (χ0v) is 22.3.